The number of nitrogens with zero attached hydrogens (tertiary/aromatic N) is 2. The van der Waals surface area contributed by atoms with Crippen LogP contribution >= 0.6 is 0 Å². The van der Waals surface area contributed by atoms with Crippen LogP contribution in [0.15, 0.2) is 5.16 Å². The van der Waals surface area contributed by atoms with Crippen LogP contribution in [0.5, 0.6) is 0 Å². The Bertz CT molecular complexity index is 81.3. The molecule has 0 unspecified atom stereocenters. The van der Waals surface area contributed by atoms with Gasteiger partial charge in [-0.05, 0) is 0 Å². The molecule has 0 aromatic carbocycles. The van der Waals surface area contributed by atoms with Gasteiger partial charge in [0.15, 0.2) is 0 Å². The molecule has 0 aliphatic rings. The quantitative estimate of drug-likeness (QED) is 0.331. The Morgan fingerprint density at radius 3 is 2.67 bits per heavy atom. The molecule has 6 heavy (non-hydrogen) atoms. The highest BCUT2D eigenvalue weighted by molar-refractivity contribution is 5.74. The van der Waals surface area contributed by atoms with Crippen molar-refractivity contribution < 1.29 is 4.84 Å². The standard InChI is InChI=1S/C3H3N2O/c1-6-5-3-2-4/h1H3. The summed E-state index contributed by atoms with van der Waals surface area (Å²) < 4.78 is 0. The Morgan fingerprint density at radius 2 is 2.50 bits per heavy atom. The molecule has 0 aromatic rings. The zero-order chi connectivity index (χ0) is 4.83. The van der Waals surface area contributed by atoms with Gasteiger partial charge in [-0.15, -0.1) is 0 Å². The second kappa shape index (κ2) is 3.96. The van der Waals surface area contributed by atoms with Crippen molar-refractivity contribution in [2.75, 3.05) is 7.11 Å². The number of hydrogen-bond acceptors (Lipinski definition) is 3. The SMILES string of the molecule is CO/N=[C]/C#N. The Balaban J connectivity index is 3.02. The molecule has 0 atom stereocenters. The molecule has 0 heterocycles. The van der Waals surface area contributed by atoms with Crippen molar-refractivity contribution in [1.82, 2.24) is 0 Å². The highest BCUT2D eigenvalue weighted by Gasteiger charge is 1.58. The topological polar surface area (TPSA) is 45.4 Å². The van der Waals surface area contributed by atoms with Crippen LogP contribution < -0.4 is 0 Å². The van der Waals surface area contributed by atoms with E-state index in [9.17, 15) is 0 Å². The molecule has 3 heteroatoms. The van der Waals surface area contributed by atoms with Crippen molar-refractivity contribution in [2.45, 2.75) is 0 Å². The van der Waals surface area contributed by atoms with Gasteiger partial charge < -0.3 is 4.84 Å². The molecule has 31 valence electrons. The largest absolute Gasteiger partial charge is 0.398 e. The van der Waals surface area contributed by atoms with Gasteiger partial charge in [0.2, 0.25) is 6.21 Å². The van der Waals surface area contributed by atoms with Crippen LogP contribution in [0, 0.1) is 11.3 Å². The molecule has 0 bridgehead atoms. The number of hydrogen-bond donors (Lipinski definition) is 0. The molecule has 3 nitrogen and oxygen atoms in total. The van der Waals surface area contributed by atoms with Crippen LogP contribution in [-0.4, -0.2) is 13.3 Å². The van der Waals surface area contributed by atoms with Crippen LogP contribution in [0.1, 0.15) is 0 Å². The average molecular weight is 83.1 g/mol. The Kier molecular flexibility index (Phi) is 3.27. The van der Waals surface area contributed by atoms with Crippen LogP contribution in [-0.2, 0) is 4.84 Å². The first kappa shape index (κ1) is 4.96. The van der Waals surface area contributed by atoms with Gasteiger partial charge in [-0.2, -0.15) is 5.26 Å². The van der Waals surface area contributed by atoms with Crippen molar-refractivity contribution in [3.63, 3.8) is 0 Å². The zero-order valence-corrected chi connectivity index (χ0v) is 3.30. The Labute approximate surface area is 35.8 Å². The summed E-state index contributed by atoms with van der Waals surface area (Å²) in [6.07, 6.45) is 1.91. The summed E-state index contributed by atoms with van der Waals surface area (Å²) >= 11 is 0. The van der Waals surface area contributed by atoms with E-state index in [0.29, 0.717) is 0 Å². The summed E-state index contributed by atoms with van der Waals surface area (Å²) in [4.78, 5) is 4.07. The van der Waals surface area contributed by atoms with Crippen LogP contribution in [0.2, 0.25) is 0 Å². The maximum atomic E-state index is 7.66. The monoisotopic (exact) mass is 83.0 g/mol. The molecule has 0 spiro atoms. The molecule has 0 amide bonds. The maximum absolute atomic E-state index is 7.66. The fraction of sp³-hybridized carbons (Fsp3) is 0.333. The van der Waals surface area contributed by atoms with Crippen molar-refractivity contribution in [3.05, 3.63) is 0 Å². The molecular weight excluding hydrogens is 80.0 g/mol. The lowest BCUT2D eigenvalue weighted by Gasteiger charge is -1.73. The zero-order valence-electron chi connectivity index (χ0n) is 3.30. The maximum Gasteiger partial charge on any atom is 0.219 e. The fourth-order valence-corrected chi connectivity index (χ4v) is 0.0661. The first-order valence-electron chi connectivity index (χ1n) is 1.29. The molecular formula is C3H3N2O. The molecule has 0 N–H and O–H groups in total. The fourth-order valence-electron chi connectivity index (χ4n) is 0.0661. The second-order valence-corrected chi connectivity index (χ2v) is 0.497. The summed E-state index contributed by atoms with van der Waals surface area (Å²) in [5.74, 6) is 0. The van der Waals surface area contributed by atoms with Crippen molar-refractivity contribution in [2.24, 2.45) is 5.16 Å². The molecule has 1 radical (unpaired) electrons. The third kappa shape index (κ3) is 2.96. The third-order valence-corrected chi connectivity index (χ3v) is 0.187. The van der Waals surface area contributed by atoms with E-state index in [1.54, 1.807) is 0 Å². The van der Waals surface area contributed by atoms with Crippen LogP contribution in [0.3, 0.4) is 0 Å². The Hall–Kier alpha value is -1.04. The van der Waals surface area contributed by atoms with Gasteiger partial charge in [-0.25, -0.2) is 0 Å². The van der Waals surface area contributed by atoms with Gasteiger partial charge >= 0.3 is 0 Å². The van der Waals surface area contributed by atoms with Crippen LogP contribution in [0.4, 0.5) is 0 Å². The molecule has 0 aliphatic carbocycles. The van der Waals surface area contributed by atoms with E-state index >= 15 is 0 Å². The Morgan fingerprint density at radius 1 is 1.83 bits per heavy atom. The lowest BCUT2D eigenvalue weighted by Crippen LogP contribution is -1.65. The summed E-state index contributed by atoms with van der Waals surface area (Å²) in [5.41, 5.74) is 0. The summed E-state index contributed by atoms with van der Waals surface area (Å²) in [7, 11) is 1.35. The minimum atomic E-state index is 1.35. The predicted molar refractivity (Wildman–Crippen MR) is 20.1 cm³/mol. The minimum Gasteiger partial charge on any atom is -0.398 e. The number of rotatable bonds is 1. The predicted octanol–water partition coefficient (Wildman–Crippen LogP) is 0.0192. The van der Waals surface area contributed by atoms with E-state index in [2.05, 4.69) is 9.99 Å². The van der Waals surface area contributed by atoms with Crippen molar-refractivity contribution >= 4 is 6.21 Å². The summed E-state index contributed by atoms with van der Waals surface area (Å²) in [5, 5.41) is 10.6. The van der Waals surface area contributed by atoms with Crippen LogP contribution in [0.25, 0.3) is 0 Å². The smallest absolute Gasteiger partial charge is 0.219 e. The van der Waals surface area contributed by atoms with Gasteiger partial charge in [0, 0.05) is 0 Å². The van der Waals surface area contributed by atoms with Gasteiger partial charge in [-0.3, -0.25) is 0 Å². The van der Waals surface area contributed by atoms with Crippen molar-refractivity contribution in [3.8, 4) is 6.07 Å². The molecule has 0 rings (SSSR count). The molecule has 0 saturated heterocycles. The van der Waals surface area contributed by atoms with Crippen molar-refractivity contribution in [1.29, 1.82) is 5.26 Å². The first-order valence-corrected chi connectivity index (χ1v) is 1.29. The summed E-state index contributed by atoms with van der Waals surface area (Å²) in [6, 6.07) is 1.53. The molecule has 0 fully saturated rings. The number of nitriles is 1. The van der Waals surface area contributed by atoms with Gasteiger partial charge in [0.05, 0.1) is 0 Å². The van der Waals surface area contributed by atoms with E-state index in [1.807, 2.05) is 6.21 Å². The highest BCUT2D eigenvalue weighted by atomic mass is 16.6. The van der Waals surface area contributed by atoms with E-state index in [4.69, 9.17) is 5.26 Å². The van der Waals surface area contributed by atoms with E-state index in [-0.39, 0.29) is 0 Å². The molecule has 0 aromatic heterocycles. The molecule has 0 saturated carbocycles. The third-order valence-electron chi connectivity index (χ3n) is 0.187. The van der Waals surface area contributed by atoms with E-state index < -0.39 is 0 Å². The highest BCUT2D eigenvalue weighted by Crippen LogP contribution is 1.57. The lowest BCUT2D eigenvalue weighted by molar-refractivity contribution is 0.216. The van der Waals surface area contributed by atoms with Gasteiger partial charge in [0.1, 0.15) is 13.2 Å². The minimum absolute atomic E-state index is 1.35. The van der Waals surface area contributed by atoms with E-state index in [1.165, 1.54) is 13.2 Å². The average Bonchev–Trinajstić information content (AvgIpc) is 1.61. The summed E-state index contributed by atoms with van der Waals surface area (Å²) in [6.45, 7) is 0. The normalized spacial score (nSPS) is 8.00. The molecule has 0 aliphatic heterocycles. The van der Waals surface area contributed by atoms with Gasteiger partial charge in [-0.1, -0.05) is 5.16 Å². The lowest BCUT2D eigenvalue weighted by atomic mass is 10.9. The first-order chi connectivity index (χ1) is 2.91. The van der Waals surface area contributed by atoms with E-state index in [0.717, 1.165) is 0 Å². The van der Waals surface area contributed by atoms with Gasteiger partial charge in [0.25, 0.3) is 0 Å². The second-order valence-electron chi connectivity index (χ2n) is 0.497.